The first-order valence-corrected chi connectivity index (χ1v) is 37.6. The summed E-state index contributed by atoms with van der Waals surface area (Å²) in [6.07, 6.45) is 90.2. The van der Waals surface area contributed by atoms with Gasteiger partial charge in [-0.3, -0.25) is 9.59 Å². The summed E-state index contributed by atoms with van der Waals surface area (Å²) in [6, 6.07) is 0. The van der Waals surface area contributed by atoms with Crippen molar-refractivity contribution in [2.75, 3.05) is 47.5 Å². The van der Waals surface area contributed by atoms with Crippen molar-refractivity contribution >= 4 is 17.9 Å². The molecule has 0 aliphatic carbocycles. The Morgan fingerprint density at radius 1 is 0.352 bits per heavy atom. The van der Waals surface area contributed by atoms with E-state index in [0.29, 0.717) is 23.9 Å². The van der Waals surface area contributed by atoms with E-state index >= 15 is 0 Å². The van der Waals surface area contributed by atoms with E-state index in [1.807, 2.05) is 21.1 Å². The second kappa shape index (κ2) is 69.6. The monoisotopic (exact) mass is 1230 g/mol. The maximum absolute atomic E-state index is 12.9. The highest BCUT2D eigenvalue weighted by Crippen LogP contribution is 2.19. The minimum atomic E-state index is -1.63. The third-order valence-corrected chi connectivity index (χ3v) is 16.7. The van der Waals surface area contributed by atoms with Gasteiger partial charge in [-0.15, -0.1) is 0 Å². The number of esters is 2. The molecular weight excluding hydrogens is 1090 g/mol. The number of aliphatic carboxylic acids is 1. The molecule has 0 amide bonds. The highest BCUT2D eigenvalue weighted by Gasteiger charge is 2.22. The highest BCUT2D eigenvalue weighted by atomic mass is 16.7. The Hall–Kier alpha value is -3.27. The van der Waals surface area contributed by atoms with Crippen LogP contribution < -0.4 is 5.11 Å². The molecule has 0 rings (SSSR count). The van der Waals surface area contributed by atoms with Gasteiger partial charge in [0.05, 0.1) is 40.3 Å². The summed E-state index contributed by atoms with van der Waals surface area (Å²) in [6.45, 7) is 4.66. The lowest BCUT2D eigenvalue weighted by atomic mass is 10.0. The molecule has 0 saturated heterocycles. The predicted octanol–water partition coefficient (Wildman–Crippen LogP) is 22.3. The number of rotatable bonds is 70. The lowest BCUT2D eigenvalue weighted by molar-refractivity contribution is -0.870. The van der Waals surface area contributed by atoms with Crippen LogP contribution in [-0.2, 0) is 33.3 Å². The maximum Gasteiger partial charge on any atom is 0.306 e. The van der Waals surface area contributed by atoms with Crippen LogP contribution in [0.5, 0.6) is 0 Å². The van der Waals surface area contributed by atoms with Crippen LogP contribution in [0.1, 0.15) is 354 Å². The summed E-state index contributed by atoms with van der Waals surface area (Å²) in [7, 11) is 5.93. The van der Waals surface area contributed by atoms with Crippen LogP contribution in [0, 0.1) is 0 Å². The number of ether oxygens (including phenoxy) is 4. The van der Waals surface area contributed by atoms with Crippen LogP contribution in [0.15, 0.2) is 72.9 Å². The van der Waals surface area contributed by atoms with Gasteiger partial charge < -0.3 is 33.3 Å². The summed E-state index contributed by atoms with van der Waals surface area (Å²) in [4.78, 5) is 37.5. The molecule has 2 atom stereocenters. The Balaban J connectivity index is 4.01. The van der Waals surface area contributed by atoms with E-state index < -0.39 is 24.3 Å². The number of nitrogens with zero attached hydrogens (tertiary/aromatic N) is 1. The second-order valence-corrected chi connectivity index (χ2v) is 26.6. The van der Waals surface area contributed by atoms with E-state index in [9.17, 15) is 19.5 Å². The van der Waals surface area contributed by atoms with Crippen molar-refractivity contribution in [2.24, 2.45) is 0 Å². The first-order chi connectivity index (χ1) is 43.1. The lowest BCUT2D eigenvalue weighted by Gasteiger charge is -2.26. The zero-order chi connectivity index (χ0) is 64.0. The van der Waals surface area contributed by atoms with Crippen molar-refractivity contribution in [1.82, 2.24) is 0 Å². The summed E-state index contributed by atoms with van der Waals surface area (Å²) in [5, 5.41) is 11.8. The molecule has 0 aromatic carbocycles. The topological polar surface area (TPSA) is 111 Å². The molecule has 0 aliphatic heterocycles. The Labute approximate surface area is 545 Å². The van der Waals surface area contributed by atoms with Gasteiger partial charge in [-0.25, -0.2) is 0 Å². The van der Waals surface area contributed by atoms with Crippen LogP contribution in [0.4, 0.5) is 0 Å². The van der Waals surface area contributed by atoms with Crippen LogP contribution in [-0.4, -0.2) is 82.3 Å². The van der Waals surface area contributed by atoms with Crippen molar-refractivity contribution in [1.29, 1.82) is 0 Å². The van der Waals surface area contributed by atoms with Gasteiger partial charge >= 0.3 is 11.9 Å². The van der Waals surface area contributed by atoms with E-state index in [4.69, 9.17) is 18.9 Å². The number of carbonyl (C=O) groups is 3. The van der Waals surface area contributed by atoms with Gasteiger partial charge in [-0.2, -0.15) is 0 Å². The van der Waals surface area contributed by atoms with Gasteiger partial charge in [-0.05, 0) is 64.2 Å². The van der Waals surface area contributed by atoms with Gasteiger partial charge in [0.2, 0.25) is 0 Å². The third-order valence-electron chi connectivity index (χ3n) is 16.7. The lowest BCUT2D eigenvalue weighted by Crippen LogP contribution is -2.44. The molecule has 0 saturated carbocycles. The zero-order valence-corrected chi connectivity index (χ0v) is 58.6. The zero-order valence-electron chi connectivity index (χ0n) is 58.6. The molecular formula is C79H143NO8. The Morgan fingerprint density at radius 2 is 0.648 bits per heavy atom. The van der Waals surface area contributed by atoms with E-state index in [2.05, 4.69) is 86.8 Å². The van der Waals surface area contributed by atoms with Crippen molar-refractivity contribution < 1.29 is 42.9 Å². The molecule has 0 aromatic heterocycles. The smallest absolute Gasteiger partial charge is 0.306 e. The maximum atomic E-state index is 12.9. The molecule has 512 valence electrons. The molecule has 0 aliphatic rings. The predicted molar refractivity (Wildman–Crippen MR) is 375 cm³/mol. The second-order valence-electron chi connectivity index (χ2n) is 26.6. The Kier molecular flexibility index (Phi) is 67.0. The molecule has 9 heteroatoms. The van der Waals surface area contributed by atoms with Gasteiger partial charge in [0, 0.05) is 12.8 Å². The number of hydrogen-bond donors (Lipinski definition) is 0. The normalized spacial score (nSPS) is 13.1. The summed E-state index contributed by atoms with van der Waals surface area (Å²) >= 11 is 0. The minimum Gasteiger partial charge on any atom is -0.545 e. The van der Waals surface area contributed by atoms with Gasteiger partial charge in [-0.1, -0.05) is 350 Å². The molecule has 0 aromatic rings. The number of carboxylic acid groups (broad SMARTS) is 1. The number of likely N-dealkylation sites (N-methyl/N-ethyl adjacent to an activating group) is 1. The molecule has 0 heterocycles. The van der Waals surface area contributed by atoms with Crippen LogP contribution in [0.2, 0.25) is 0 Å². The fourth-order valence-corrected chi connectivity index (χ4v) is 11.0. The fourth-order valence-electron chi connectivity index (χ4n) is 11.0. The molecule has 2 unspecified atom stereocenters. The molecule has 0 spiro atoms. The number of allylic oxidation sites excluding steroid dienone is 12. The average molecular weight is 1240 g/mol. The number of carboxylic acids is 1. The van der Waals surface area contributed by atoms with Crippen LogP contribution in [0.25, 0.3) is 0 Å². The van der Waals surface area contributed by atoms with Crippen molar-refractivity contribution in [3.63, 3.8) is 0 Å². The highest BCUT2D eigenvalue weighted by molar-refractivity contribution is 5.70. The van der Waals surface area contributed by atoms with E-state index in [1.54, 1.807) is 0 Å². The molecule has 0 bridgehead atoms. The fraction of sp³-hybridized carbons (Fsp3) is 0.810. The molecule has 0 fully saturated rings. The van der Waals surface area contributed by atoms with Crippen molar-refractivity contribution in [2.45, 2.75) is 367 Å². The van der Waals surface area contributed by atoms with Crippen LogP contribution >= 0.6 is 0 Å². The van der Waals surface area contributed by atoms with Crippen LogP contribution in [0.3, 0.4) is 0 Å². The van der Waals surface area contributed by atoms with Crippen molar-refractivity contribution in [3.05, 3.63) is 72.9 Å². The first kappa shape index (κ1) is 84.7. The molecule has 88 heavy (non-hydrogen) atoms. The Morgan fingerprint density at radius 3 is 0.966 bits per heavy atom. The third kappa shape index (κ3) is 70.2. The average Bonchev–Trinajstić information content (AvgIpc) is 3.62. The summed E-state index contributed by atoms with van der Waals surface area (Å²) in [5.74, 6) is -2.29. The first-order valence-electron chi connectivity index (χ1n) is 37.6. The van der Waals surface area contributed by atoms with E-state index in [1.165, 1.54) is 225 Å². The van der Waals surface area contributed by atoms with Gasteiger partial charge in [0.15, 0.2) is 12.4 Å². The SMILES string of the molecule is CC/C=C\C/C=C\C/C=C\C/C=C\C/C=C\C/C=C\CCCCCCCCC(=O)OC(COC(=O)CCCCCCCCCCCCCCCCCCCCCCCCCCCCCCCCCCCCCCCC)COC(OCC[N+](C)(C)C)C(=O)[O-]. The van der Waals surface area contributed by atoms with Gasteiger partial charge in [0.25, 0.3) is 0 Å². The molecule has 9 nitrogen and oxygen atoms in total. The summed E-state index contributed by atoms with van der Waals surface area (Å²) in [5.41, 5.74) is 0. The number of hydrogen-bond acceptors (Lipinski definition) is 8. The molecule has 0 radical (unpaired) electrons. The number of carbonyl (C=O) groups excluding carboxylic acids is 3. The van der Waals surface area contributed by atoms with Gasteiger partial charge in [0.1, 0.15) is 13.2 Å². The largest absolute Gasteiger partial charge is 0.545 e. The number of unbranched alkanes of at least 4 members (excludes halogenated alkanes) is 43. The molecule has 0 N–H and O–H groups in total. The van der Waals surface area contributed by atoms with E-state index in [-0.39, 0.29) is 32.2 Å². The summed E-state index contributed by atoms with van der Waals surface area (Å²) < 4.78 is 22.8. The Bertz CT molecular complexity index is 1680. The number of quaternary nitrogens is 1. The minimum absolute atomic E-state index is 0.143. The standard InChI is InChI=1S/C79H143NO8/c1-6-8-10-12-14-16-18-20-22-24-26-28-30-32-33-34-35-36-37-38-39-40-41-42-43-44-46-47-49-51-53-55-57-59-61-63-65-67-69-76(81)86-73-75(74-87-79(78(83)84)85-72-71-80(3,4)5)88-77(82)70-68-66-64-62-60-58-56-54-52-50-48-45-31-29-27-25-23-21-19-17-15-13-11-9-7-2/h9,11,15,17,21,23,27,29,45,48,52,54,75,79H,6-8,10,12-14,16,18-20,22,24-26,28,30-44,46-47,49-51,53,55-74H2,1-5H3/b11-9-,17-15-,23-21-,29-27-,48-45-,54-52-. The van der Waals surface area contributed by atoms with Crippen molar-refractivity contribution in [3.8, 4) is 0 Å². The quantitative estimate of drug-likeness (QED) is 0.0195. The van der Waals surface area contributed by atoms with E-state index in [0.717, 1.165) is 96.3 Å².